The summed E-state index contributed by atoms with van der Waals surface area (Å²) in [4.78, 5) is 12.8. The van der Waals surface area contributed by atoms with Crippen molar-refractivity contribution in [2.75, 3.05) is 0 Å². The quantitative estimate of drug-likeness (QED) is 0.227. The van der Waals surface area contributed by atoms with Gasteiger partial charge in [-0.2, -0.15) is 0 Å². The fraction of sp³-hybridized carbons (Fsp3) is 0.0571. The second kappa shape index (κ2) is 9.40. The van der Waals surface area contributed by atoms with Crippen LogP contribution in [0.15, 0.2) is 127 Å². The summed E-state index contributed by atoms with van der Waals surface area (Å²) in [6.45, 7) is 1.65. The molecule has 0 aliphatic heterocycles. The van der Waals surface area contributed by atoms with Crippen molar-refractivity contribution in [1.82, 2.24) is 4.57 Å². The smallest absolute Gasteiger partial charge is 0.176 e. The van der Waals surface area contributed by atoms with Gasteiger partial charge in [0.1, 0.15) is 0 Å². The Kier molecular flexibility index (Phi) is 5.78. The minimum atomic E-state index is 0.0549. The molecular formula is C35H27NO. The number of aromatic nitrogens is 1. The molecule has 0 aliphatic carbocycles. The molecule has 2 heteroatoms. The fourth-order valence-corrected chi connectivity index (χ4v) is 5.51. The molecule has 0 amide bonds. The molecule has 178 valence electrons. The van der Waals surface area contributed by atoms with Crippen LogP contribution in [0.25, 0.3) is 55.4 Å². The van der Waals surface area contributed by atoms with E-state index in [1.54, 1.807) is 6.92 Å². The first-order valence-electron chi connectivity index (χ1n) is 12.6. The molecule has 0 saturated heterocycles. The van der Waals surface area contributed by atoms with Crippen LogP contribution in [0.5, 0.6) is 0 Å². The van der Waals surface area contributed by atoms with Crippen LogP contribution in [0, 0.1) is 0 Å². The molecule has 0 N–H and O–H groups in total. The Bertz CT molecular complexity index is 1720. The lowest BCUT2D eigenvalue weighted by atomic mass is 9.80. The predicted molar refractivity (Wildman–Crippen MR) is 155 cm³/mol. The molecule has 6 aromatic rings. The number of rotatable bonds is 5. The van der Waals surface area contributed by atoms with Crippen molar-refractivity contribution in [3.63, 3.8) is 0 Å². The van der Waals surface area contributed by atoms with E-state index in [0.29, 0.717) is 5.69 Å². The van der Waals surface area contributed by atoms with E-state index in [2.05, 4.69) is 120 Å². The summed E-state index contributed by atoms with van der Waals surface area (Å²) in [5.74, 6) is 0.0549. The van der Waals surface area contributed by atoms with E-state index in [4.69, 9.17) is 0 Å². The van der Waals surface area contributed by atoms with E-state index in [-0.39, 0.29) is 5.78 Å². The van der Waals surface area contributed by atoms with Gasteiger partial charge in [0, 0.05) is 30.5 Å². The molecule has 2 nitrogen and oxygen atoms in total. The minimum Gasteiger partial charge on any atom is -0.341 e. The van der Waals surface area contributed by atoms with Crippen LogP contribution in [0.1, 0.15) is 17.4 Å². The van der Waals surface area contributed by atoms with E-state index < -0.39 is 0 Å². The van der Waals surface area contributed by atoms with Crippen molar-refractivity contribution in [3.8, 4) is 44.5 Å². The van der Waals surface area contributed by atoms with Crippen LogP contribution in [-0.2, 0) is 7.05 Å². The lowest BCUT2D eigenvalue weighted by Crippen LogP contribution is -2.03. The Morgan fingerprint density at radius 1 is 0.514 bits per heavy atom. The molecule has 0 bridgehead atoms. The third-order valence-electron chi connectivity index (χ3n) is 7.10. The highest BCUT2D eigenvalue weighted by molar-refractivity contribution is 6.19. The van der Waals surface area contributed by atoms with Gasteiger partial charge in [-0.3, -0.25) is 4.79 Å². The topological polar surface area (TPSA) is 22.0 Å². The van der Waals surface area contributed by atoms with Gasteiger partial charge < -0.3 is 4.57 Å². The van der Waals surface area contributed by atoms with E-state index >= 15 is 0 Å². The van der Waals surface area contributed by atoms with Crippen LogP contribution in [0.3, 0.4) is 0 Å². The van der Waals surface area contributed by atoms with Crippen molar-refractivity contribution in [1.29, 1.82) is 0 Å². The average Bonchev–Trinajstić information content (AvgIpc) is 3.30. The molecule has 0 spiro atoms. The van der Waals surface area contributed by atoms with Crippen molar-refractivity contribution in [2.24, 2.45) is 7.05 Å². The van der Waals surface area contributed by atoms with Gasteiger partial charge in [-0.1, -0.05) is 121 Å². The first-order chi connectivity index (χ1) is 18.1. The Morgan fingerprint density at radius 3 is 1.27 bits per heavy atom. The zero-order valence-electron chi connectivity index (χ0n) is 21.0. The number of hydrogen-bond acceptors (Lipinski definition) is 1. The van der Waals surface area contributed by atoms with Crippen molar-refractivity contribution in [2.45, 2.75) is 6.92 Å². The van der Waals surface area contributed by atoms with E-state index in [1.807, 2.05) is 19.2 Å². The van der Waals surface area contributed by atoms with Crippen molar-refractivity contribution >= 4 is 16.7 Å². The van der Waals surface area contributed by atoms with Crippen LogP contribution in [-0.4, -0.2) is 10.4 Å². The molecule has 0 fully saturated rings. The van der Waals surface area contributed by atoms with Gasteiger partial charge in [0.15, 0.2) is 5.78 Å². The SMILES string of the molecule is CC(=O)c1cc2c(-c3ccccc3)c(-c3ccccc3)c(-c3ccccc3)c(-c3ccccc3)c2n1C. The summed E-state index contributed by atoms with van der Waals surface area (Å²) in [5, 5.41) is 1.08. The Morgan fingerprint density at radius 2 is 0.865 bits per heavy atom. The van der Waals surface area contributed by atoms with Crippen LogP contribution in [0.4, 0.5) is 0 Å². The lowest BCUT2D eigenvalue weighted by molar-refractivity contribution is 0.101. The maximum Gasteiger partial charge on any atom is 0.176 e. The van der Waals surface area contributed by atoms with Gasteiger partial charge in [0.05, 0.1) is 11.2 Å². The number of aryl methyl sites for hydroxylation is 1. The average molecular weight is 478 g/mol. The zero-order chi connectivity index (χ0) is 25.4. The second-order valence-corrected chi connectivity index (χ2v) is 9.37. The summed E-state index contributed by atoms with van der Waals surface area (Å²) in [5.41, 5.74) is 10.9. The maximum atomic E-state index is 12.8. The third kappa shape index (κ3) is 3.88. The molecule has 0 unspecified atom stereocenters. The second-order valence-electron chi connectivity index (χ2n) is 9.37. The first-order valence-corrected chi connectivity index (χ1v) is 12.6. The van der Waals surface area contributed by atoms with Gasteiger partial charge in [-0.25, -0.2) is 0 Å². The summed E-state index contributed by atoms with van der Waals surface area (Å²) >= 11 is 0. The molecule has 0 atom stereocenters. The Labute approximate surface area is 217 Å². The standard InChI is InChI=1S/C35H27NO/c1-24(37)30-23-29-31(25-15-7-3-8-16-25)32(26-17-9-4-10-18-26)33(27-19-11-5-12-20-27)34(35(29)36(30)2)28-21-13-6-14-22-28/h3-23H,1-2H3. The summed E-state index contributed by atoms with van der Waals surface area (Å²) in [6, 6.07) is 44.4. The largest absolute Gasteiger partial charge is 0.341 e. The molecule has 1 aromatic heterocycles. The van der Waals surface area contributed by atoms with Crippen LogP contribution >= 0.6 is 0 Å². The Balaban J connectivity index is 1.94. The number of carbonyl (C=O) groups excluding carboxylic acids is 1. The zero-order valence-corrected chi connectivity index (χ0v) is 21.0. The summed E-state index contributed by atoms with van der Waals surface area (Å²) in [7, 11) is 2.01. The van der Waals surface area contributed by atoms with Gasteiger partial charge >= 0.3 is 0 Å². The van der Waals surface area contributed by atoms with Gasteiger partial charge in [0.25, 0.3) is 0 Å². The number of fused-ring (bicyclic) bond motifs is 1. The number of hydrogen-bond donors (Lipinski definition) is 0. The molecule has 6 rings (SSSR count). The normalized spacial score (nSPS) is 11.1. The number of Topliss-reactive ketones (excluding diaryl/α,β-unsaturated/α-hetero) is 1. The number of benzene rings is 5. The number of carbonyl (C=O) groups is 1. The van der Waals surface area contributed by atoms with Crippen molar-refractivity contribution in [3.05, 3.63) is 133 Å². The van der Waals surface area contributed by atoms with Crippen molar-refractivity contribution < 1.29 is 4.79 Å². The van der Waals surface area contributed by atoms with E-state index in [9.17, 15) is 4.79 Å². The first kappa shape index (κ1) is 22.8. The highest BCUT2D eigenvalue weighted by Crippen LogP contribution is 2.51. The minimum absolute atomic E-state index is 0.0549. The molecule has 1 heterocycles. The highest BCUT2D eigenvalue weighted by atomic mass is 16.1. The molecule has 0 radical (unpaired) electrons. The molecule has 0 aliphatic rings. The van der Waals surface area contributed by atoms with Crippen LogP contribution < -0.4 is 0 Å². The third-order valence-corrected chi connectivity index (χ3v) is 7.10. The summed E-state index contributed by atoms with van der Waals surface area (Å²) in [6.07, 6.45) is 0. The predicted octanol–water partition coefficient (Wildman–Crippen LogP) is 9.05. The highest BCUT2D eigenvalue weighted by Gasteiger charge is 2.27. The lowest BCUT2D eigenvalue weighted by Gasteiger charge is -2.23. The number of ketones is 1. The molecule has 5 aromatic carbocycles. The van der Waals surface area contributed by atoms with E-state index in [0.717, 1.165) is 44.3 Å². The molecule has 37 heavy (non-hydrogen) atoms. The number of nitrogens with zero attached hydrogens (tertiary/aromatic N) is 1. The van der Waals surface area contributed by atoms with E-state index in [1.165, 1.54) is 11.1 Å². The molecular weight excluding hydrogens is 450 g/mol. The van der Waals surface area contributed by atoms with Gasteiger partial charge in [-0.15, -0.1) is 0 Å². The fourth-order valence-electron chi connectivity index (χ4n) is 5.51. The summed E-state index contributed by atoms with van der Waals surface area (Å²) < 4.78 is 2.08. The van der Waals surface area contributed by atoms with Gasteiger partial charge in [0.2, 0.25) is 0 Å². The van der Waals surface area contributed by atoms with Gasteiger partial charge in [-0.05, 0) is 39.4 Å². The molecule has 0 saturated carbocycles. The monoisotopic (exact) mass is 477 g/mol. The maximum absolute atomic E-state index is 12.8. The van der Waals surface area contributed by atoms with Crippen LogP contribution in [0.2, 0.25) is 0 Å². The Hall–Kier alpha value is -4.69.